The summed E-state index contributed by atoms with van der Waals surface area (Å²) in [5.74, 6) is 0.573. The Morgan fingerprint density at radius 1 is 0.750 bits per heavy atom. The molecule has 0 fully saturated rings. The monoisotopic (exact) mass is 395 g/mol. The predicted octanol–water partition coefficient (Wildman–Crippen LogP) is 8.63. The summed E-state index contributed by atoms with van der Waals surface area (Å²) in [6.45, 7) is 14.6. The molecule has 3 aromatic rings. The summed E-state index contributed by atoms with van der Waals surface area (Å²) >= 11 is 6.02. The zero-order chi connectivity index (χ0) is 21.1. The van der Waals surface area contributed by atoms with Crippen LogP contribution in [0.15, 0.2) is 60.7 Å². The van der Waals surface area contributed by atoms with Gasteiger partial charge in [0, 0.05) is 16.3 Å². The maximum atomic E-state index is 6.02. The van der Waals surface area contributed by atoms with Crippen LogP contribution in [0, 0.1) is 12.8 Å². The second-order valence-electron chi connectivity index (χ2n) is 6.70. The van der Waals surface area contributed by atoms with E-state index in [2.05, 4.69) is 57.2 Å². The normalized spacial score (nSPS) is 9.89. The molecule has 0 N–H and O–H groups in total. The van der Waals surface area contributed by atoms with Crippen LogP contribution in [0.2, 0.25) is 5.02 Å². The van der Waals surface area contributed by atoms with E-state index in [-0.39, 0.29) is 0 Å². The van der Waals surface area contributed by atoms with Crippen LogP contribution in [0.4, 0.5) is 0 Å². The van der Waals surface area contributed by atoms with Crippen molar-refractivity contribution in [3.8, 4) is 22.4 Å². The fourth-order valence-corrected chi connectivity index (χ4v) is 2.92. The molecule has 2 heteroatoms. The van der Waals surface area contributed by atoms with Gasteiger partial charge in [-0.25, -0.2) is 0 Å². The Hall–Kier alpha value is -2.12. The van der Waals surface area contributed by atoms with Gasteiger partial charge in [-0.15, -0.1) is 0 Å². The third-order valence-electron chi connectivity index (χ3n) is 4.02. The molecule has 0 atom stereocenters. The van der Waals surface area contributed by atoms with Crippen LogP contribution in [-0.2, 0) is 6.42 Å². The van der Waals surface area contributed by atoms with Gasteiger partial charge >= 0.3 is 0 Å². The average molecular weight is 396 g/mol. The Bertz CT molecular complexity index is 754. The molecule has 2 aromatic carbocycles. The highest BCUT2D eigenvalue weighted by molar-refractivity contribution is 6.30. The highest BCUT2D eigenvalue weighted by Crippen LogP contribution is 2.28. The van der Waals surface area contributed by atoms with Crippen LogP contribution in [0.25, 0.3) is 22.4 Å². The molecule has 0 aliphatic heterocycles. The minimum atomic E-state index is 0.573. The first kappa shape index (κ1) is 23.9. The summed E-state index contributed by atoms with van der Waals surface area (Å²) in [5, 5.41) is 0.746. The average Bonchev–Trinajstić information content (AvgIpc) is 2.71. The van der Waals surface area contributed by atoms with E-state index >= 15 is 0 Å². The van der Waals surface area contributed by atoms with Gasteiger partial charge in [-0.1, -0.05) is 95.1 Å². The standard InChI is InChI=1S/C22H22ClN.2C2H6/c1-15(2)12-21-13-19(17-6-4-16(3)5-7-17)14-22(24-21)18-8-10-20(23)11-9-18;2*1-2/h4-11,13-15H,12H2,1-3H3;2*1-2H3. The van der Waals surface area contributed by atoms with E-state index < -0.39 is 0 Å². The number of aryl methyl sites for hydroxylation is 1. The molecule has 150 valence electrons. The fourth-order valence-electron chi connectivity index (χ4n) is 2.79. The van der Waals surface area contributed by atoms with Gasteiger partial charge in [-0.3, -0.25) is 4.98 Å². The van der Waals surface area contributed by atoms with Gasteiger partial charge in [-0.05, 0) is 54.7 Å². The Kier molecular flexibility index (Phi) is 10.6. The van der Waals surface area contributed by atoms with Crippen molar-refractivity contribution in [3.63, 3.8) is 0 Å². The molecular formula is C26H34ClN. The molecule has 0 saturated carbocycles. The van der Waals surface area contributed by atoms with Crippen LogP contribution in [0.1, 0.15) is 52.8 Å². The van der Waals surface area contributed by atoms with Crippen molar-refractivity contribution in [2.45, 2.75) is 54.9 Å². The SMILES string of the molecule is CC.CC.Cc1ccc(-c2cc(CC(C)C)nc(-c3ccc(Cl)cc3)c2)cc1. The molecule has 0 bridgehead atoms. The number of aromatic nitrogens is 1. The Morgan fingerprint density at radius 3 is 1.82 bits per heavy atom. The van der Waals surface area contributed by atoms with Crippen molar-refractivity contribution in [1.29, 1.82) is 0 Å². The highest BCUT2D eigenvalue weighted by atomic mass is 35.5. The van der Waals surface area contributed by atoms with E-state index in [1.54, 1.807) is 0 Å². The summed E-state index contributed by atoms with van der Waals surface area (Å²) in [6.07, 6.45) is 0.973. The second-order valence-corrected chi connectivity index (χ2v) is 7.14. The van der Waals surface area contributed by atoms with Crippen LogP contribution >= 0.6 is 11.6 Å². The van der Waals surface area contributed by atoms with E-state index in [0.717, 1.165) is 28.4 Å². The fraction of sp³-hybridized carbons (Fsp3) is 0.346. The maximum absolute atomic E-state index is 6.02. The lowest BCUT2D eigenvalue weighted by Gasteiger charge is -2.11. The van der Waals surface area contributed by atoms with Crippen LogP contribution < -0.4 is 0 Å². The van der Waals surface area contributed by atoms with E-state index in [1.807, 2.05) is 52.0 Å². The molecule has 0 unspecified atom stereocenters. The minimum absolute atomic E-state index is 0.573. The summed E-state index contributed by atoms with van der Waals surface area (Å²) in [5.41, 5.74) is 6.94. The number of nitrogens with zero attached hydrogens (tertiary/aromatic N) is 1. The Morgan fingerprint density at radius 2 is 1.29 bits per heavy atom. The third kappa shape index (κ3) is 7.13. The topological polar surface area (TPSA) is 12.9 Å². The predicted molar refractivity (Wildman–Crippen MR) is 126 cm³/mol. The lowest BCUT2D eigenvalue weighted by atomic mass is 9.99. The highest BCUT2D eigenvalue weighted by Gasteiger charge is 2.08. The van der Waals surface area contributed by atoms with Gasteiger partial charge in [0.15, 0.2) is 0 Å². The zero-order valence-corrected chi connectivity index (χ0v) is 19.1. The molecule has 0 spiro atoms. The van der Waals surface area contributed by atoms with Crippen molar-refractivity contribution in [2.75, 3.05) is 0 Å². The summed E-state index contributed by atoms with van der Waals surface area (Å²) in [6, 6.07) is 20.9. The lowest BCUT2D eigenvalue weighted by Crippen LogP contribution is -1.99. The summed E-state index contributed by atoms with van der Waals surface area (Å²) < 4.78 is 0. The molecule has 0 saturated heterocycles. The van der Waals surface area contributed by atoms with Crippen LogP contribution in [0.3, 0.4) is 0 Å². The Labute approximate surface area is 176 Å². The van der Waals surface area contributed by atoms with Crippen molar-refractivity contribution < 1.29 is 0 Å². The van der Waals surface area contributed by atoms with Crippen molar-refractivity contribution in [3.05, 3.63) is 76.9 Å². The largest absolute Gasteiger partial charge is 0.253 e. The van der Waals surface area contributed by atoms with Crippen molar-refractivity contribution >= 4 is 11.6 Å². The lowest BCUT2D eigenvalue weighted by molar-refractivity contribution is 0.636. The molecule has 28 heavy (non-hydrogen) atoms. The number of benzene rings is 2. The number of rotatable bonds is 4. The molecule has 3 rings (SSSR count). The third-order valence-corrected chi connectivity index (χ3v) is 4.27. The first-order chi connectivity index (χ1) is 13.5. The van der Waals surface area contributed by atoms with Crippen LogP contribution in [-0.4, -0.2) is 4.98 Å². The molecule has 0 radical (unpaired) electrons. The minimum Gasteiger partial charge on any atom is -0.253 e. The number of pyridine rings is 1. The molecule has 1 nitrogen and oxygen atoms in total. The smallest absolute Gasteiger partial charge is 0.0711 e. The van der Waals surface area contributed by atoms with E-state index in [4.69, 9.17) is 16.6 Å². The quantitative estimate of drug-likeness (QED) is 0.430. The van der Waals surface area contributed by atoms with Gasteiger partial charge in [0.25, 0.3) is 0 Å². The number of hydrogen-bond acceptors (Lipinski definition) is 1. The molecular weight excluding hydrogens is 362 g/mol. The van der Waals surface area contributed by atoms with E-state index in [0.29, 0.717) is 5.92 Å². The molecule has 0 aliphatic rings. The van der Waals surface area contributed by atoms with Gasteiger partial charge in [-0.2, -0.15) is 0 Å². The van der Waals surface area contributed by atoms with Gasteiger partial charge in [0.1, 0.15) is 0 Å². The van der Waals surface area contributed by atoms with E-state index in [1.165, 1.54) is 16.7 Å². The molecule has 1 aromatic heterocycles. The number of hydrogen-bond donors (Lipinski definition) is 0. The van der Waals surface area contributed by atoms with Crippen molar-refractivity contribution in [2.24, 2.45) is 5.92 Å². The van der Waals surface area contributed by atoms with Crippen LogP contribution in [0.5, 0.6) is 0 Å². The van der Waals surface area contributed by atoms with Gasteiger partial charge in [0.2, 0.25) is 0 Å². The molecule has 0 amide bonds. The summed E-state index contributed by atoms with van der Waals surface area (Å²) in [7, 11) is 0. The summed E-state index contributed by atoms with van der Waals surface area (Å²) in [4.78, 5) is 4.87. The molecule has 1 heterocycles. The Balaban J connectivity index is 0.000000921. The molecule has 0 aliphatic carbocycles. The van der Waals surface area contributed by atoms with Gasteiger partial charge < -0.3 is 0 Å². The first-order valence-electron chi connectivity index (χ1n) is 10.4. The first-order valence-corrected chi connectivity index (χ1v) is 10.7. The number of halogens is 1. The second kappa shape index (κ2) is 12.4. The van der Waals surface area contributed by atoms with Crippen molar-refractivity contribution in [1.82, 2.24) is 4.98 Å². The maximum Gasteiger partial charge on any atom is 0.0711 e. The zero-order valence-electron chi connectivity index (χ0n) is 18.4. The van der Waals surface area contributed by atoms with E-state index in [9.17, 15) is 0 Å². The van der Waals surface area contributed by atoms with Gasteiger partial charge in [0.05, 0.1) is 5.69 Å².